The molecule has 3 nitrogen and oxygen atoms in total. The highest BCUT2D eigenvalue weighted by atomic mass is 16.2. The lowest BCUT2D eigenvalue weighted by Crippen LogP contribution is -2.21. The summed E-state index contributed by atoms with van der Waals surface area (Å²) in [6.07, 6.45) is 0. The zero-order valence-electron chi connectivity index (χ0n) is 7.24. The fourth-order valence-electron chi connectivity index (χ4n) is 0.884. The fraction of sp³-hybridized carbons (Fsp3) is 0.222. The van der Waals surface area contributed by atoms with Crippen molar-refractivity contribution in [1.82, 2.24) is 4.90 Å². The highest BCUT2D eigenvalue weighted by Gasteiger charge is 2.05. The summed E-state index contributed by atoms with van der Waals surface area (Å²) in [7, 11) is 3.44. The number of amides is 1. The molecule has 2 N–H and O–H groups in total. The van der Waals surface area contributed by atoms with Gasteiger partial charge >= 0.3 is 0 Å². The van der Waals surface area contributed by atoms with E-state index in [-0.39, 0.29) is 7.33 Å². The minimum Gasteiger partial charge on any atom is -0.399 e. The summed E-state index contributed by atoms with van der Waals surface area (Å²) < 4.78 is 0. The van der Waals surface area contributed by atoms with Gasteiger partial charge in [0.15, 0.2) is 0 Å². The Balaban J connectivity index is 0.00000144. The molecule has 1 amide bonds. The number of benzene rings is 1. The predicted octanol–water partition coefficient (Wildman–Crippen LogP) is 1.22. The van der Waals surface area contributed by atoms with Crippen molar-refractivity contribution < 1.29 is 6.22 Å². The van der Waals surface area contributed by atoms with Crippen molar-refractivity contribution in [2.75, 3.05) is 19.8 Å². The lowest BCUT2D eigenvalue weighted by atomic mass is 10.2. The summed E-state index contributed by atoms with van der Waals surface area (Å²) in [4.78, 5) is 12.9. The van der Waals surface area contributed by atoms with Gasteiger partial charge in [0.05, 0.1) is 0 Å². The van der Waals surface area contributed by atoms with E-state index in [2.05, 4.69) is 0 Å². The topological polar surface area (TPSA) is 46.3 Å². The second kappa shape index (κ2) is 3.26. The monoisotopic (exact) mass is 166 g/mol. The number of hydrogen-bond acceptors (Lipinski definition) is 2. The zero-order chi connectivity index (χ0) is 9.14. The first-order chi connectivity index (χ1) is 5.61. The average Bonchev–Trinajstić information content (AvgIpc) is 2.04. The molecule has 0 bridgehead atoms. The van der Waals surface area contributed by atoms with Gasteiger partial charge in [0, 0.05) is 26.8 Å². The summed E-state index contributed by atoms with van der Waals surface area (Å²) in [5, 5.41) is 0. The lowest BCUT2D eigenvalue weighted by Gasteiger charge is -2.09. The van der Waals surface area contributed by atoms with Gasteiger partial charge in [-0.05, 0) is 24.3 Å². The van der Waals surface area contributed by atoms with Gasteiger partial charge in [-0.25, -0.2) is 0 Å². The van der Waals surface area contributed by atoms with E-state index in [1.807, 2.05) is 0 Å². The number of nitrogens with zero attached hydrogens (tertiary/aromatic N) is 1. The minimum absolute atomic E-state index is 0. The van der Waals surface area contributed by atoms with E-state index >= 15 is 0 Å². The van der Waals surface area contributed by atoms with E-state index in [1.54, 1.807) is 38.4 Å². The molecule has 0 aliphatic heterocycles. The van der Waals surface area contributed by atoms with Crippen molar-refractivity contribution >= 4 is 11.6 Å². The summed E-state index contributed by atoms with van der Waals surface area (Å²) in [6, 6.07) is 6.88. The van der Waals surface area contributed by atoms with E-state index in [9.17, 15) is 4.79 Å². The molecule has 0 spiro atoms. The van der Waals surface area contributed by atoms with E-state index in [0.717, 1.165) is 0 Å². The van der Waals surface area contributed by atoms with Crippen LogP contribution in [0.15, 0.2) is 24.3 Å². The molecule has 0 unspecified atom stereocenters. The third-order valence-electron chi connectivity index (χ3n) is 1.56. The number of nitrogens with two attached hydrogens (primary N) is 1. The van der Waals surface area contributed by atoms with Crippen molar-refractivity contribution in [3.8, 4) is 0 Å². The number of rotatable bonds is 1. The molecule has 0 radical (unpaired) electrons. The molecule has 1 aromatic rings. The zero-order valence-corrected chi connectivity index (χ0v) is 7.24. The number of hydrogen-bond donors (Lipinski definition) is 1. The first kappa shape index (κ1) is 8.59. The Morgan fingerprint density at radius 1 is 1.33 bits per heavy atom. The summed E-state index contributed by atoms with van der Waals surface area (Å²) in [6.45, 7) is 0. The molecular formula is C9H14N2O. The van der Waals surface area contributed by atoms with Crippen LogP contribution in [0, 0.1) is 0 Å². The van der Waals surface area contributed by atoms with Crippen LogP contribution in [-0.2, 0) is 0 Å². The van der Waals surface area contributed by atoms with Gasteiger partial charge in [0.1, 0.15) is 0 Å². The largest absolute Gasteiger partial charge is 0.399 e. The molecule has 0 atom stereocenters. The maximum atomic E-state index is 11.3. The molecule has 0 aliphatic carbocycles. The Morgan fingerprint density at radius 3 is 2.25 bits per heavy atom. The van der Waals surface area contributed by atoms with Gasteiger partial charge in [-0.3, -0.25) is 4.79 Å². The standard InChI is InChI=1S/C9H12N2O.H2/c1-11(2)9(12)7-3-5-8(10)6-4-7;/h3-6H,10H2,1-2H3;1H. The number of carbonyl (C=O) groups excluding carboxylic acids is 1. The van der Waals surface area contributed by atoms with E-state index in [4.69, 9.17) is 5.73 Å². The van der Waals surface area contributed by atoms with Crippen molar-refractivity contribution in [3.05, 3.63) is 29.8 Å². The Bertz CT molecular complexity index is 282. The molecule has 0 aromatic heterocycles. The van der Waals surface area contributed by atoms with E-state index < -0.39 is 0 Å². The van der Waals surface area contributed by atoms with Crippen molar-refractivity contribution in [2.24, 2.45) is 0 Å². The molecule has 66 valence electrons. The van der Waals surface area contributed by atoms with Crippen molar-refractivity contribution in [3.63, 3.8) is 0 Å². The molecule has 3 heteroatoms. The highest BCUT2D eigenvalue weighted by molar-refractivity contribution is 5.94. The second-order valence-corrected chi connectivity index (χ2v) is 2.82. The molecule has 1 aromatic carbocycles. The van der Waals surface area contributed by atoms with Crippen LogP contribution >= 0.6 is 0 Å². The van der Waals surface area contributed by atoms with Gasteiger partial charge in [-0.15, -0.1) is 0 Å². The van der Waals surface area contributed by atoms with Crippen LogP contribution in [0.5, 0.6) is 0 Å². The number of carbonyl (C=O) groups is 1. The van der Waals surface area contributed by atoms with Crippen molar-refractivity contribution in [1.29, 1.82) is 0 Å². The summed E-state index contributed by atoms with van der Waals surface area (Å²) >= 11 is 0. The van der Waals surface area contributed by atoms with Gasteiger partial charge < -0.3 is 10.6 Å². The Labute approximate surface area is 73.3 Å². The average molecular weight is 166 g/mol. The van der Waals surface area contributed by atoms with Gasteiger partial charge in [0.25, 0.3) is 5.91 Å². The molecule has 0 fully saturated rings. The molecule has 0 aliphatic rings. The Morgan fingerprint density at radius 2 is 1.83 bits per heavy atom. The van der Waals surface area contributed by atoms with Crippen LogP contribution < -0.4 is 5.73 Å². The predicted molar refractivity (Wildman–Crippen MR) is 51.0 cm³/mol. The quantitative estimate of drug-likeness (QED) is 0.637. The normalized spacial score (nSPS) is 9.50. The minimum atomic E-state index is -0.00463. The Kier molecular flexibility index (Phi) is 2.33. The molecular weight excluding hydrogens is 152 g/mol. The maximum absolute atomic E-state index is 11.3. The third-order valence-corrected chi connectivity index (χ3v) is 1.56. The SMILES string of the molecule is CN(C)C(=O)c1ccc(N)cc1.[HH]. The van der Waals surface area contributed by atoms with Gasteiger partial charge in [0.2, 0.25) is 0 Å². The summed E-state index contributed by atoms with van der Waals surface area (Å²) in [5.41, 5.74) is 6.81. The first-order valence-electron chi connectivity index (χ1n) is 3.68. The second-order valence-electron chi connectivity index (χ2n) is 2.82. The number of nitrogen functional groups attached to an aromatic ring is 1. The molecule has 12 heavy (non-hydrogen) atoms. The van der Waals surface area contributed by atoms with Crippen LogP contribution in [0.25, 0.3) is 0 Å². The molecule has 0 saturated carbocycles. The van der Waals surface area contributed by atoms with Gasteiger partial charge in [-0.1, -0.05) is 0 Å². The fourth-order valence-corrected chi connectivity index (χ4v) is 0.884. The molecule has 1 rings (SSSR count). The van der Waals surface area contributed by atoms with E-state index in [1.165, 1.54) is 4.90 Å². The third kappa shape index (κ3) is 1.75. The Hall–Kier alpha value is -1.51. The van der Waals surface area contributed by atoms with Crippen LogP contribution in [0.4, 0.5) is 5.69 Å². The van der Waals surface area contributed by atoms with Crippen molar-refractivity contribution in [2.45, 2.75) is 0 Å². The number of anilines is 1. The molecule has 0 heterocycles. The van der Waals surface area contributed by atoms with Crippen LogP contribution in [0.2, 0.25) is 0 Å². The van der Waals surface area contributed by atoms with Crippen LogP contribution in [0.1, 0.15) is 11.8 Å². The van der Waals surface area contributed by atoms with E-state index in [0.29, 0.717) is 11.3 Å². The summed E-state index contributed by atoms with van der Waals surface area (Å²) in [5.74, 6) is -0.00463. The molecule has 0 saturated heterocycles. The lowest BCUT2D eigenvalue weighted by molar-refractivity contribution is 0.0827. The van der Waals surface area contributed by atoms with Gasteiger partial charge in [-0.2, -0.15) is 0 Å². The maximum Gasteiger partial charge on any atom is 0.253 e. The van der Waals surface area contributed by atoms with Crippen LogP contribution in [-0.4, -0.2) is 24.9 Å². The highest BCUT2D eigenvalue weighted by Crippen LogP contribution is 2.06. The van der Waals surface area contributed by atoms with Crippen LogP contribution in [0.3, 0.4) is 0 Å². The smallest absolute Gasteiger partial charge is 0.253 e. The first-order valence-corrected chi connectivity index (χ1v) is 3.68.